The molecule has 0 N–H and O–H groups in total. The van der Waals surface area contributed by atoms with Gasteiger partial charge in [0.2, 0.25) is 15.9 Å². The third kappa shape index (κ3) is 3.68. The zero-order valence-electron chi connectivity index (χ0n) is 13.3. The van der Waals surface area contributed by atoms with Gasteiger partial charge in [0.1, 0.15) is 6.10 Å². The number of aromatic nitrogens is 1. The third-order valence-corrected chi connectivity index (χ3v) is 6.18. The van der Waals surface area contributed by atoms with E-state index in [1.54, 1.807) is 18.3 Å². The van der Waals surface area contributed by atoms with E-state index in [2.05, 4.69) is 25.7 Å². The Labute approximate surface area is 153 Å². The lowest BCUT2D eigenvalue weighted by molar-refractivity contribution is 0.0600. The number of sulfonamides is 1. The highest BCUT2D eigenvalue weighted by molar-refractivity contribution is 9.10. The highest BCUT2D eigenvalue weighted by atomic mass is 79.9. The number of nitrogens with zero attached hydrogens (tertiary/aromatic N) is 2. The molecule has 3 rings (SSSR count). The Kier molecular flexibility index (Phi) is 5.07. The maximum Gasteiger partial charge on any atom is 0.337 e. The van der Waals surface area contributed by atoms with Gasteiger partial charge in [0.25, 0.3) is 0 Å². The van der Waals surface area contributed by atoms with E-state index in [0.29, 0.717) is 11.4 Å². The van der Waals surface area contributed by atoms with Gasteiger partial charge in [-0.2, -0.15) is 4.31 Å². The number of esters is 1. The van der Waals surface area contributed by atoms with Crippen molar-refractivity contribution in [3.8, 4) is 5.88 Å². The highest BCUT2D eigenvalue weighted by Gasteiger charge is 2.38. The molecule has 2 heterocycles. The lowest BCUT2D eigenvalue weighted by Crippen LogP contribution is -2.56. The molecule has 0 bridgehead atoms. The maximum absolute atomic E-state index is 12.6. The summed E-state index contributed by atoms with van der Waals surface area (Å²) in [7, 11) is -2.35. The van der Waals surface area contributed by atoms with Crippen LogP contribution in [0.25, 0.3) is 0 Å². The van der Waals surface area contributed by atoms with Crippen molar-refractivity contribution in [2.24, 2.45) is 0 Å². The second-order valence-electron chi connectivity index (χ2n) is 5.37. The summed E-state index contributed by atoms with van der Waals surface area (Å²) in [5, 5.41) is 0. The predicted octanol–water partition coefficient (Wildman–Crippen LogP) is 2.08. The van der Waals surface area contributed by atoms with Crippen LogP contribution in [0.4, 0.5) is 0 Å². The van der Waals surface area contributed by atoms with Crippen molar-refractivity contribution < 1.29 is 22.7 Å². The Balaban J connectivity index is 1.65. The Morgan fingerprint density at radius 1 is 1.24 bits per heavy atom. The van der Waals surface area contributed by atoms with E-state index in [1.165, 1.54) is 35.7 Å². The molecule has 1 aliphatic heterocycles. The Hall–Kier alpha value is -1.97. The Bertz CT molecular complexity index is 880. The van der Waals surface area contributed by atoms with E-state index in [1.807, 2.05) is 0 Å². The summed E-state index contributed by atoms with van der Waals surface area (Å²) in [5.41, 5.74) is 0.297. The lowest BCUT2D eigenvalue weighted by Gasteiger charge is -2.37. The number of methoxy groups -OCH3 is 1. The van der Waals surface area contributed by atoms with Crippen molar-refractivity contribution in [2.45, 2.75) is 11.0 Å². The van der Waals surface area contributed by atoms with Gasteiger partial charge in [-0.05, 0) is 52.3 Å². The molecule has 1 aliphatic rings. The number of pyridine rings is 1. The monoisotopic (exact) mass is 426 g/mol. The summed E-state index contributed by atoms with van der Waals surface area (Å²) in [5.74, 6) is -0.0747. The van der Waals surface area contributed by atoms with Gasteiger partial charge >= 0.3 is 5.97 Å². The first-order valence-electron chi connectivity index (χ1n) is 7.37. The predicted molar refractivity (Wildman–Crippen MR) is 92.9 cm³/mol. The number of ether oxygens (including phenoxy) is 2. The first-order chi connectivity index (χ1) is 11.9. The molecule has 1 aromatic carbocycles. The largest absolute Gasteiger partial charge is 0.471 e. The van der Waals surface area contributed by atoms with Crippen LogP contribution in [0.3, 0.4) is 0 Å². The van der Waals surface area contributed by atoms with Crippen molar-refractivity contribution >= 4 is 31.9 Å². The molecule has 132 valence electrons. The molecule has 0 saturated carbocycles. The molecule has 0 unspecified atom stereocenters. The number of benzene rings is 1. The molecule has 0 spiro atoms. The summed E-state index contributed by atoms with van der Waals surface area (Å²) in [6.45, 7) is 0.480. The van der Waals surface area contributed by atoms with Gasteiger partial charge in [-0.3, -0.25) is 0 Å². The molecular weight excluding hydrogens is 412 g/mol. The van der Waals surface area contributed by atoms with Crippen molar-refractivity contribution in [1.29, 1.82) is 0 Å². The van der Waals surface area contributed by atoms with E-state index >= 15 is 0 Å². The third-order valence-electron chi connectivity index (χ3n) is 3.73. The average molecular weight is 427 g/mol. The van der Waals surface area contributed by atoms with E-state index in [9.17, 15) is 13.2 Å². The van der Waals surface area contributed by atoms with Gasteiger partial charge in [0.05, 0.1) is 35.1 Å². The van der Waals surface area contributed by atoms with Gasteiger partial charge in [0.15, 0.2) is 0 Å². The number of carbonyl (C=O) groups excluding carboxylic acids is 1. The van der Waals surface area contributed by atoms with Crippen LogP contribution in [0, 0.1) is 0 Å². The first kappa shape index (κ1) is 17.8. The Morgan fingerprint density at radius 2 is 1.92 bits per heavy atom. The van der Waals surface area contributed by atoms with Crippen LogP contribution in [0.1, 0.15) is 10.4 Å². The summed E-state index contributed by atoms with van der Waals surface area (Å²) >= 11 is 3.34. The highest BCUT2D eigenvalue weighted by Crippen LogP contribution is 2.27. The number of halogens is 1. The van der Waals surface area contributed by atoms with Crippen LogP contribution in [-0.2, 0) is 14.8 Å². The van der Waals surface area contributed by atoms with Crippen LogP contribution in [0.15, 0.2) is 52.0 Å². The van der Waals surface area contributed by atoms with Gasteiger partial charge in [-0.1, -0.05) is 0 Å². The molecule has 0 aliphatic carbocycles. The second kappa shape index (κ2) is 7.11. The summed E-state index contributed by atoms with van der Waals surface area (Å²) < 4.78 is 37.4. The van der Waals surface area contributed by atoms with Crippen LogP contribution in [0.5, 0.6) is 5.88 Å². The Morgan fingerprint density at radius 3 is 2.52 bits per heavy atom. The van der Waals surface area contributed by atoms with E-state index in [4.69, 9.17) is 4.74 Å². The van der Waals surface area contributed by atoms with Gasteiger partial charge in [-0.15, -0.1) is 0 Å². The molecule has 0 atom stereocenters. The first-order valence-corrected chi connectivity index (χ1v) is 9.61. The molecular formula is C16H15BrN2O5S. The molecule has 1 fully saturated rings. The quantitative estimate of drug-likeness (QED) is 0.680. The molecule has 1 aromatic heterocycles. The van der Waals surface area contributed by atoms with E-state index in [0.717, 1.165) is 4.47 Å². The van der Waals surface area contributed by atoms with Crippen LogP contribution in [0.2, 0.25) is 0 Å². The molecule has 0 radical (unpaired) electrons. The zero-order valence-corrected chi connectivity index (χ0v) is 15.7. The SMILES string of the molecule is COC(=O)c1ccc(S(=O)(=O)N2CC(Oc3ncccc3Br)C2)cc1. The average Bonchev–Trinajstić information content (AvgIpc) is 2.58. The van der Waals surface area contributed by atoms with Gasteiger partial charge < -0.3 is 9.47 Å². The molecule has 0 amide bonds. The maximum atomic E-state index is 12.6. The summed E-state index contributed by atoms with van der Waals surface area (Å²) in [6, 6.07) is 9.22. The number of carbonyl (C=O) groups is 1. The van der Waals surface area contributed by atoms with Crippen molar-refractivity contribution in [3.63, 3.8) is 0 Å². The molecule has 2 aromatic rings. The van der Waals surface area contributed by atoms with Crippen LogP contribution in [-0.4, -0.2) is 50.0 Å². The normalized spacial score (nSPS) is 15.4. The summed E-state index contributed by atoms with van der Waals surface area (Å²) in [6.07, 6.45) is 1.35. The molecule has 25 heavy (non-hydrogen) atoms. The van der Waals surface area contributed by atoms with Gasteiger partial charge in [0, 0.05) is 6.20 Å². The summed E-state index contributed by atoms with van der Waals surface area (Å²) in [4.78, 5) is 15.6. The fraction of sp³-hybridized carbons (Fsp3) is 0.250. The van der Waals surface area contributed by atoms with Crippen molar-refractivity contribution in [1.82, 2.24) is 9.29 Å². The van der Waals surface area contributed by atoms with Gasteiger partial charge in [-0.25, -0.2) is 18.2 Å². The number of hydrogen-bond acceptors (Lipinski definition) is 6. The van der Waals surface area contributed by atoms with E-state index < -0.39 is 16.0 Å². The minimum atomic E-state index is -3.62. The number of rotatable bonds is 5. The molecule has 9 heteroatoms. The fourth-order valence-electron chi connectivity index (χ4n) is 2.32. The van der Waals surface area contributed by atoms with Crippen molar-refractivity contribution in [2.75, 3.05) is 20.2 Å². The zero-order chi connectivity index (χ0) is 18.0. The topological polar surface area (TPSA) is 85.8 Å². The minimum Gasteiger partial charge on any atom is -0.471 e. The molecule has 1 saturated heterocycles. The van der Waals surface area contributed by atoms with E-state index in [-0.39, 0.29) is 24.1 Å². The second-order valence-corrected chi connectivity index (χ2v) is 8.16. The fourth-order valence-corrected chi connectivity index (χ4v) is 4.17. The van der Waals surface area contributed by atoms with Crippen LogP contribution < -0.4 is 4.74 Å². The minimum absolute atomic E-state index is 0.123. The van der Waals surface area contributed by atoms with Crippen LogP contribution >= 0.6 is 15.9 Å². The lowest BCUT2D eigenvalue weighted by atomic mass is 10.2. The number of hydrogen-bond donors (Lipinski definition) is 0. The van der Waals surface area contributed by atoms with Crippen molar-refractivity contribution in [3.05, 3.63) is 52.6 Å². The molecule has 7 nitrogen and oxygen atoms in total. The smallest absolute Gasteiger partial charge is 0.337 e. The standard InChI is InChI=1S/C16H15BrN2O5S/c1-23-16(20)11-4-6-13(7-5-11)25(21,22)19-9-12(10-19)24-15-14(17)3-2-8-18-15/h2-8,12H,9-10H2,1H3.